The molecular weight excluding hydrogens is 174 g/mol. The van der Waals surface area contributed by atoms with Crippen molar-refractivity contribution in [2.24, 2.45) is 7.05 Å². The van der Waals surface area contributed by atoms with E-state index in [1.807, 2.05) is 25.7 Å². The zero-order valence-corrected chi connectivity index (χ0v) is 8.83. The first-order valence-corrected chi connectivity index (χ1v) is 3.80. The molecule has 70 valence electrons. The molecule has 1 N–H and O–H groups in total. The molecule has 0 aromatic carbocycles. The van der Waals surface area contributed by atoms with Gasteiger partial charge in [0.2, 0.25) is 0 Å². The monoisotopic (exact) mass is 189 g/mol. The second-order valence-electron chi connectivity index (χ2n) is 2.80. The SMILES string of the molecule is CNCc1c(C)nn(C)c1C.Cl. The molecule has 0 spiro atoms. The predicted octanol–water partition coefficient (Wildman–Crippen LogP) is 1.18. The Morgan fingerprint density at radius 1 is 1.42 bits per heavy atom. The van der Waals surface area contributed by atoms with Gasteiger partial charge in [-0.15, -0.1) is 12.4 Å². The van der Waals surface area contributed by atoms with E-state index in [9.17, 15) is 0 Å². The fourth-order valence-corrected chi connectivity index (χ4v) is 1.25. The van der Waals surface area contributed by atoms with Crippen molar-refractivity contribution < 1.29 is 0 Å². The van der Waals surface area contributed by atoms with Gasteiger partial charge in [-0.3, -0.25) is 4.68 Å². The van der Waals surface area contributed by atoms with Crippen molar-refractivity contribution in [2.45, 2.75) is 20.4 Å². The molecule has 3 nitrogen and oxygen atoms in total. The predicted molar refractivity (Wildman–Crippen MR) is 52.7 cm³/mol. The van der Waals surface area contributed by atoms with Crippen LogP contribution in [0.5, 0.6) is 0 Å². The fraction of sp³-hybridized carbons (Fsp3) is 0.625. The van der Waals surface area contributed by atoms with Gasteiger partial charge in [-0.25, -0.2) is 0 Å². The number of hydrogen-bond acceptors (Lipinski definition) is 2. The summed E-state index contributed by atoms with van der Waals surface area (Å²) in [6.45, 7) is 5.04. The van der Waals surface area contributed by atoms with E-state index < -0.39 is 0 Å². The smallest absolute Gasteiger partial charge is 0.0641 e. The lowest BCUT2D eigenvalue weighted by atomic mass is 10.2. The number of rotatable bonds is 2. The second-order valence-corrected chi connectivity index (χ2v) is 2.80. The number of nitrogens with zero attached hydrogens (tertiary/aromatic N) is 2. The Labute approximate surface area is 79.6 Å². The average molecular weight is 190 g/mol. The van der Waals surface area contributed by atoms with Gasteiger partial charge >= 0.3 is 0 Å². The summed E-state index contributed by atoms with van der Waals surface area (Å²) in [6.07, 6.45) is 0. The number of halogens is 1. The Morgan fingerprint density at radius 3 is 2.33 bits per heavy atom. The Kier molecular flexibility index (Phi) is 4.28. The van der Waals surface area contributed by atoms with Crippen molar-refractivity contribution in [1.29, 1.82) is 0 Å². The summed E-state index contributed by atoms with van der Waals surface area (Å²) < 4.78 is 1.92. The summed E-state index contributed by atoms with van der Waals surface area (Å²) in [5, 5.41) is 7.43. The lowest BCUT2D eigenvalue weighted by molar-refractivity contribution is 0.727. The molecule has 0 saturated heterocycles. The van der Waals surface area contributed by atoms with Crippen LogP contribution in [0, 0.1) is 13.8 Å². The van der Waals surface area contributed by atoms with Gasteiger partial charge in [-0.1, -0.05) is 0 Å². The maximum Gasteiger partial charge on any atom is 0.0641 e. The largest absolute Gasteiger partial charge is 0.316 e. The van der Waals surface area contributed by atoms with Crippen LogP contribution in [0.2, 0.25) is 0 Å². The molecule has 0 bridgehead atoms. The third kappa shape index (κ3) is 1.99. The molecule has 0 amide bonds. The normalized spacial score (nSPS) is 9.67. The van der Waals surface area contributed by atoms with Crippen LogP contribution in [0.25, 0.3) is 0 Å². The third-order valence-electron chi connectivity index (χ3n) is 2.01. The van der Waals surface area contributed by atoms with Crippen LogP contribution in [0.1, 0.15) is 17.0 Å². The van der Waals surface area contributed by atoms with Gasteiger partial charge in [0.05, 0.1) is 5.69 Å². The van der Waals surface area contributed by atoms with Crippen molar-refractivity contribution in [3.8, 4) is 0 Å². The van der Waals surface area contributed by atoms with Gasteiger partial charge in [-0.05, 0) is 20.9 Å². The molecule has 4 heteroatoms. The number of nitrogens with one attached hydrogen (secondary N) is 1. The van der Waals surface area contributed by atoms with Crippen molar-refractivity contribution >= 4 is 12.4 Å². The molecule has 0 atom stereocenters. The van der Waals surface area contributed by atoms with Crippen molar-refractivity contribution in [3.05, 3.63) is 17.0 Å². The summed E-state index contributed by atoms with van der Waals surface area (Å²) in [5.74, 6) is 0. The van der Waals surface area contributed by atoms with E-state index in [0.717, 1.165) is 12.2 Å². The first-order chi connectivity index (χ1) is 5.16. The molecule has 0 aliphatic heterocycles. The van der Waals surface area contributed by atoms with Crippen LogP contribution in [0.15, 0.2) is 0 Å². The summed E-state index contributed by atoms with van der Waals surface area (Å²) in [5.41, 5.74) is 3.69. The molecule has 0 aliphatic carbocycles. The maximum absolute atomic E-state index is 4.31. The van der Waals surface area contributed by atoms with E-state index in [1.165, 1.54) is 11.3 Å². The molecular formula is C8H16ClN3. The first kappa shape index (κ1) is 11.5. The molecule has 1 aromatic rings. The molecule has 0 aliphatic rings. The molecule has 12 heavy (non-hydrogen) atoms. The van der Waals surface area contributed by atoms with Gasteiger partial charge in [0.15, 0.2) is 0 Å². The highest BCUT2D eigenvalue weighted by Gasteiger charge is 2.06. The third-order valence-corrected chi connectivity index (χ3v) is 2.01. The number of hydrogen-bond donors (Lipinski definition) is 1. The number of aromatic nitrogens is 2. The van der Waals surface area contributed by atoms with E-state index in [2.05, 4.69) is 17.3 Å². The van der Waals surface area contributed by atoms with Crippen molar-refractivity contribution in [2.75, 3.05) is 7.05 Å². The number of aryl methyl sites for hydroxylation is 2. The van der Waals surface area contributed by atoms with Crippen LogP contribution in [-0.2, 0) is 13.6 Å². The van der Waals surface area contributed by atoms with Crippen LogP contribution in [0.4, 0.5) is 0 Å². The average Bonchev–Trinajstić information content (AvgIpc) is 2.17. The quantitative estimate of drug-likeness (QED) is 0.758. The zero-order valence-electron chi connectivity index (χ0n) is 8.01. The van der Waals surface area contributed by atoms with Crippen molar-refractivity contribution in [3.63, 3.8) is 0 Å². The highest BCUT2D eigenvalue weighted by Crippen LogP contribution is 2.10. The van der Waals surface area contributed by atoms with E-state index in [0.29, 0.717) is 0 Å². The van der Waals surface area contributed by atoms with E-state index in [4.69, 9.17) is 0 Å². The van der Waals surface area contributed by atoms with Crippen LogP contribution < -0.4 is 5.32 Å². The maximum atomic E-state index is 4.31. The van der Waals surface area contributed by atoms with E-state index >= 15 is 0 Å². The Hall–Kier alpha value is -0.540. The van der Waals surface area contributed by atoms with Gasteiger partial charge in [0.1, 0.15) is 0 Å². The molecule has 1 rings (SSSR count). The lowest BCUT2D eigenvalue weighted by Gasteiger charge is -1.98. The van der Waals surface area contributed by atoms with Gasteiger partial charge in [0.25, 0.3) is 0 Å². The van der Waals surface area contributed by atoms with Gasteiger partial charge < -0.3 is 5.32 Å². The Morgan fingerprint density at radius 2 is 2.00 bits per heavy atom. The van der Waals surface area contributed by atoms with Crippen LogP contribution >= 0.6 is 12.4 Å². The second kappa shape index (κ2) is 4.48. The molecule has 0 radical (unpaired) electrons. The first-order valence-electron chi connectivity index (χ1n) is 3.80. The van der Waals surface area contributed by atoms with Crippen molar-refractivity contribution in [1.82, 2.24) is 15.1 Å². The zero-order chi connectivity index (χ0) is 8.43. The molecule has 0 unspecified atom stereocenters. The van der Waals surface area contributed by atoms with Gasteiger partial charge in [0, 0.05) is 24.8 Å². The highest BCUT2D eigenvalue weighted by atomic mass is 35.5. The minimum atomic E-state index is 0. The molecule has 0 saturated carbocycles. The standard InChI is InChI=1S/C8H15N3.ClH/c1-6-8(5-9-3)7(2)11(4)10-6;/h9H,5H2,1-4H3;1H. The molecule has 1 aromatic heterocycles. The summed E-state index contributed by atoms with van der Waals surface area (Å²) >= 11 is 0. The minimum Gasteiger partial charge on any atom is -0.316 e. The summed E-state index contributed by atoms with van der Waals surface area (Å²) in [7, 11) is 3.92. The van der Waals surface area contributed by atoms with Crippen LogP contribution in [-0.4, -0.2) is 16.8 Å². The fourth-order valence-electron chi connectivity index (χ4n) is 1.25. The topological polar surface area (TPSA) is 29.9 Å². The van der Waals surface area contributed by atoms with E-state index in [-0.39, 0.29) is 12.4 Å². The summed E-state index contributed by atoms with van der Waals surface area (Å²) in [6, 6.07) is 0. The van der Waals surface area contributed by atoms with Gasteiger partial charge in [-0.2, -0.15) is 5.10 Å². The van der Waals surface area contributed by atoms with E-state index in [1.54, 1.807) is 0 Å². The van der Waals surface area contributed by atoms with Crippen LogP contribution in [0.3, 0.4) is 0 Å². The lowest BCUT2D eigenvalue weighted by Crippen LogP contribution is -2.07. The molecule has 0 fully saturated rings. The minimum absolute atomic E-state index is 0. The Balaban J connectivity index is 0.00000121. The summed E-state index contributed by atoms with van der Waals surface area (Å²) in [4.78, 5) is 0. The molecule has 1 heterocycles. The highest BCUT2D eigenvalue weighted by molar-refractivity contribution is 5.85. The Bertz CT molecular complexity index is 255.